The molecule has 0 radical (unpaired) electrons. The summed E-state index contributed by atoms with van der Waals surface area (Å²) in [5.41, 5.74) is 5.76. The van der Waals surface area contributed by atoms with E-state index < -0.39 is 0 Å². The first-order valence-electron chi connectivity index (χ1n) is 5.31. The molecule has 0 saturated carbocycles. The zero-order valence-corrected chi connectivity index (χ0v) is 12.4. The molecule has 0 spiro atoms. The normalized spacial score (nSPS) is 13.1. The van der Waals surface area contributed by atoms with Crippen LogP contribution in [0.25, 0.3) is 11.1 Å². The SMILES string of the molecule is Brc1ccc2c(c1)CCc1cc(I)ccc1-2. The molecular formula is C14H10BrI. The van der Waals surface area contributed by atoms with Crippen molar-refractivity contribution in [2.45, 2.75) is 12.8 Å². The van der Waals surface area contributed by atoms with Crippen LogP contribution in [-0.4, -0.2) is 0 Å². The van der Waals surface area contributed by atoms with Gasteiger partial charge in [0.1, 0.15) is 0 Å². The average Bonchev–Trinajstić information content (AvgIpc) is 2.28. The van der Waals surface area contributed by atoms with E-state index in [1.165, 1.54) is 30.3 Å². The Morgan fingerprint density at radius 3 is 2.25 bits per heavy atom. The van der Waals surface area contributed by atoms with E-state index in [4.69, 9.17) is 0 Å². The Bertz CT molecular complexity index is 509. The molecule has 0 saturated heterocycles. The van der Waals surface area contributed by atoms with Gasteiger partial charge < -0.3 is 0 Å². The second kappa shape index (κ2) is 4.15. The summed E-state index contributed by atoms with van der Waals surface area (Å²) < 4.78 is 2.51. The predicted octanol–water partition coefficient (Wildman–Crippen LogP) is 4.82. The highest BCUT2D eigenvalue weighted by Crippen LogP contribution is 2.35. The average molecular weight is 385 g/mol. The van der Waals surface area contributed by atoms with Crippen LogP contribution in [0.1, 0.15) is 11.1 Å². The van der Waals surface area contributed by atoms with Crippen LogP contribution < -0.4 is 0 Å². The lowest BCUT2D eigenvalue weighted by Gasteiger charge is -2.20. The fourth-order valence-corrected chi connectivity index (χ4v) is 3.30. The molecule has 0 aliphatic heterocycles. The van der Waals surface area contributed by atoms with Crippen LogP contribution in [0.2, 0.25) is 0 Å². The second-order valence-electron chi connectivity index (χ2n) is 4.10. The maximum absolute atomic E-state index is 3.54. The van der Waals surface area contributed by atoms with Crippen molar-refractivity contribution in [3.63, 3.8) is 0 Å². The van der Waals surface area contributed by atoms with Gasteiger partial charge in [0.2, 0.25) is 0 Å². The zero-order chi connectivity index (χ0) is 11.1. The molecular weight excluding hydrogens is 375 g/mol. The smallest absolute Gasteiger partial charge is 0.0178 e. The molecule has 0 atom stereocenters. The van der Waals surface area contributed by atoms with Crippen LogP contribution in [0.4, 0.5) is 0 Å². The van der Waals surface area contributed by atoms with Crippen molar-refractivity contribution in [2.24, 2.45) is 0 Å². The third kappa shape index (κ3) is 1.82. The molecule has 0 heterocycles. The Balaban J connectivity index is 2.23. The predicted molar refractivity (Wildman–Crippen MR) is 79.7 cm³/mol. The number of hydrogen-bond acceptors (Lipinski definition) is 0. The van der Waals surface area contributed by atoms with Crippen molar-refractivity contribution in [3.8, 4) is 11.1 Å². The molecule has 3 rings (SSSR count). The fourth-order valence-electron chi connectivity index (χ4n) is 2.33. The first kappa shape index (κ1) is 10.8. The number of hydrogen-bond donors (Lipinski definition) is 0. The van der Waals surface area contributed by atoms with Gasteiger partial charge in [0.25, 0.3) is 0 Å². The van der Waals surface area contributed by atoms with E-state index in [2.05, 4.69) is 74.9 Å². The molecule has 0 N–H and O–H groups in total. The first-order chi connectivity index (χ1) is 7.74. The van der Waals surface area contributed by atoms with Crippen molar-refractivity contribution in [2.75, 3.05) is 0 Å². The first-order valence-corrected chi connectivity index (χ1v) is 7.18. The van der Waals surface area contributed by atoms with Crippen LogP contribution in [0.5, 0.6) is 0 Å². The summed E-state index contributed by atoms with van der Waals surface area (Å²) in [6.45, 7) is 0. The zero-order valence-electron chi connectivity index (χ0n) is 8.63. The Morgan fingerprint density at radius 1 is 0.875 bits per heavy atom. The summed E-state index contributed by atoms with van der Waals surface area (Å²) >= 11 is 5.92. The van der Waals surface area contributed by atoms with Gasteiger partial charge in [-0.15, -0.1) is 0 Å². The molecule has 2 aromatic carbocycles. The van der Waals surface area contributed by atoms with Gasteiger partial charge in [-0.2, -0.15) is 0 Å². The van der Waals surface area contributed by atoms with Crippen LogP contribution in [0, 0.1) is 3.57 Å². The van der Waals surface area contributed by atoms with Crippen LogP contribution in [0.15, 0.2) is 40.9 Å². The van der Waals surface area contributed by atoms with E-state index >= 15 is 0 Å². The number of aryl methyl sites for hydroxylation is 2. The molecule has 1 aliphatic rings. The minimum absolute atomic E-state index is 1.15. The Morgan fingerprint density at radius 2 is 1.50 bits per heavy atom. The monoisotopic (exact) mass is 384 g/mol. The highest BCUT2D eigenvalue weighted by Gasteiger charge is 2.15. The standard InChI is InChI=1S/C14H10BrI/c15-11-3-5-13-9(7-11)1-2-10-8-12(16)4-6-14(10)13/h3-8H,1-2H2. The van der Waals surface area contributed by atoms with Gasteiger partial charge in [-0.25, -0.2) is 0 Å². The number of benzene rings is 2. The van der Waals surface area contributed by atoms with Gasteiger partial charge in [0, 0.05) is 8.04 Å². The highest BCUT2D eigenvalue weighted by molar-refractivity contribution is 14.1. The Labute approximate surface area is 117 Å². The maximum atomic E-state index is 3.54. The molecule has 0 bridgehead atoms. The van der Waals surface area contributed by atoms with E-state index in [1.807, 2.05) is 0 Å². The number of rotatable bonds is 0. The lowest BCUT2D eigenvalue weighted by atomic mass is 9.86. The molecule has 1 aliphatic carbocycles. The topological polar surface area (TPSA) is 0 Å². The molecule has 16 heavy (non-hydrogen) atoms. The molecule has 0 aromatic heterocycles. The minimum Gasteiger partial charge on any atom is -0.0530 e. The van der Waals surface area contributed by atoms with Gasteiger partial charge >= 0.3 is 0 Å². The molecule has 0 nitrogen and oxygen atoms in total. The van der Waals surface area contributed by atoms with E-state index in [1.54, 1.807) is 0 Å². The third-order valence-electron chi connectivity index (χ3n) is 3.09. The maximum Gasteiger partial charge on any atom is 0.0178 e. The lowest BCUT2D eigenvalue weighted by molar-refractivity contribution is 0.939. The summed E-state index contributed by atoms with van der Waals surface area (Å²) in [6, 6.07) is 13.4. The van der Waals surface area contributed by atoms with Crippen molar-refractivity contribution in [1.82, 2.24) is 0 Å². The summed E-state index contributed by atoms with van der Waals surface area (Å²) in [5, 5.41) is 0. The number of halogens is 2. The summed E-state index contributed by atoms with van der Waals surface area (Å²) in [4.78, 5) is 0. The van der Waals surface area contributed by atoms with Crippen molar-refractivity contribution >= 4 is 38.5 Å². The van der Waals surface area contributed by atoms with E-state index in [0.717, 1.165) is 12.8 Å². The summed E-state index contributed by atoms with van der Waals surface area (Å²) in [6.07, 6.45) is 2.32. The molecule has 0 unspecified atom stereocenters. The second-order valence-corrected chi connectivity index (χ2v) is 6.26. The van der Waals surface area contributed by atoms with Gasteiger partial charge in [-0.1, -0.05) is 28.1 Å². The van der Waals surface area contributed by atoms with E-state index in [9.17, 15) is 0 Å². The summed E-state index contributed by atoms with van der Waals surface area (Å²) in [7, 11) is 0. The lowest BCUT2D eigenvalue weighted by Crippen LogP contribution is -2.04. The van der Waals surface area contributed by atoms with Crippen LogP contribution >= 0.6 is 38.5 Å². The van der Waals surface area contributed by atoms with Crippen LogP contribution in [0.3, 0.4) is 0 Å². The van der Waals surface area contributed by atoms with Gasteiger partial charge in [0.05, 0.1) is 0 Å². The highest BCUT2D eigenvalue weighted by atomic mass is 127. The Hall–Kier alpha value is -0.350. The number of fused-ring (bicyclic) bond motifs is 3. The third-order valence-corrected chi connectivity index (χ3v) is 4.25. The molecule has 2 aromatic rings. The van der Waals surface area contributed by atoms with Gasteiger partial charge in [-0.05, 0) is 82.0 Å². The van der Waals surface area contributed by atoms with Crippen molar-refractivity contribution < 1.29 is 0 Å². The Kier molecular flexibility index (Phi) is 2.80. The van der Waals surface area contributed by atoms with E-state index in [-0.39, 0.29) is 0 Å². The molecule has 2 heteroatoms. The van der Waals surface area contributed by atoms with Crippen molar-refractivity contribution in [3.05, 3.63) is 55.6 Å². The van der Waals surface area contributed by atoms with Crippen LogP contribution in [-0.2, 0) is 12.8 Å². The van der Waals surface area contributed by atoms with Crippen molar-refractivity contribution in [1.29, 1.82) is 0 Å². The van der Waals surface area contributed by atoms with Gasteiger partial charge in [0.15, 0.2) is 0 Å². The van der Waals surface area contributed by atoms with Gasteiger partial charge in [-0.3, -0.25) is 0 Å². The molecule has 80 valence electrons. The largest absolute Gasteiger partial charge is 0.0530 e. The molecule has 0 fully saturated rings. The minimum atomic E-state index is 1.15. The summed E-state index contributed by atoms with van der Waals surface area (Å²) in [5.74, 6) is 0. The molecule has 0 amide bonds. The van der Waals surface area contributed by atoms with E-state index in [0.29, 0.717) is 0 Å². The fraction of sp³-hybridized carbons (Fsp3) is 0.143. The quantitative estimate of drug-likeness (QED) is 0.571.